The fraction of sp³-hybridized carbons (Fsp3) is 0.818. The van der Waals surface area contributed by atoms with Crippen LogP contribution in [0, 0.1) is 0 Å². The van der Waals surface area contributed by atoms with Gasteiger partial charge in [0.2, 0.25) is 5.91 Å². The van der Waals surface area contributed by atoms with Crippen molar-refractivity contribution in [3.8, 4) is 0 Å². The monoisotopic (exact) mass is 231 g/mol. The molecule has 0 fully saturated rings. The van der Waals surface area contributed by atoms with Crippen LogP contribution in [0.3, 0.4) is 0 Å². The molecule has 0 unspecified atom stereocenters. The summed E-state index contributed by atoms with van der Waals surface area (Å²) in [5, 5.41) is 8.66. The van der Waals surface area contributed by atoms with Gasteiger partial charge >= 0.3 is 5.97 Å². The van der Waals surface area contributed by atoms with Gasteiger partial charge in [-0.05, 0) is 27.2 Å². The molecule has 0 atom stereocenters. The maximum atomic E-state index is 11.5. The van der Waals surface area contributed by atoms with Crippen LogP contribution in [-0.2, 0) is 14.3 Å². The summed E-state index contributed by atoms with van der Waals surface area (Å²) in [4.78, 5) is 24.0. The van der Waals surface area contributed by atoms with E-state index in [1.54, 1.807) is 20.8 Å². The largest absolute Gasteiger partial charge is 0.459 e. The third kappa shape index (κ3) is 7.23. The fourth-order valence-corrected chi connectivity index (χ4v) is 1.14. The number of carbonyl (C=O) groups excluding carboxylic acids is 2. The van der Waals surface area contributed by atoms with Crippen LogP contribution < -0.4 is 0 Å². The van der Waals surface area contributed by atoms with E-state index in [1.807, 2.05) is 0 Å². The fourth-order valence-electron chi connectivity index (χ4n) is 1.14. The highest BCUT2D eigenvalue weighted by molar-refractivity contribution is 5.80. The zero-order valence-corrected chi connectivity index (χ0v) is 10.4. The summed E-state index contributed by atoms with van der Waals surface area (Å²) in [7, 11) is 0. The first kappa shape index (κ1) is 14.9. The van der Waals surface area contributed by atoms with Crippen LogP contribution in [-0.4, -0.2) is 47.2 Å². The predicted molar refractivity (Wildman–Crippen MR) is 59.8 cm³/mol. The number of hydrogen-bond acceptors (Lipinski definition) is 4. The Morgan fingerprint density at radius 1 is 1.31 bits per heavy atom. The number of amides is 1. The summed E-state index contributed by atoms with van der Waals surface area (Å²) >= 11 is 0. The lowest BCUT2D eigenvalue weighted by Gasteiger charge is -2.24. The van der Waals surface area contributed by atoms with E-state index >= 15 is 0 Å². The van der Waals surface area contributed by atoms with Crippen LogP contribution >= 0.6 is 0 Å². The van der Waals surface area contributed by atoms with Crippen LogP contribution in [0.4, 0.5) is 0 Å². The van der Waals surface area contributed by atoms with Gasteiger partial charge in [0.25, 0.3) is 0 Å². The van der Waals surface area contributed by atoms with Crippen molar-refractivity contribution in [3.63, 3.8) is 0 Å². The summed E-state index contributed by atoms with van der Waals surface area (Å²) in [6.45, 7) is 7.02. The topological polar surface area (TPSA) is 66.8 Å². The van der Waals surface area contributed by atoms with Gasteiger partial charge in [0.05, 0.1) is 0 Å². The number of nitrogens with zero attached hydrogens (tertiary/aromatic N) is 1. The molecule has 1 N–H and O–H groups in total. The maximum Gasteiger partial charge on any atom is 0.326 e. The smallest absolute Gasteiger partial charge is 0.326 e. The number of aliphatic hydroxyl groups is 1. The molecule has 0 aliphatic carbocycles. The Bertz CT molecular complexity index is 245. The quantitative estimate of drug-likeness (QED) is 0.702. The van der Waals surface area contributed by atoms with Crippen LogP contribution in [0.15, 0.2) is 0 Å². The minimum Gasteiger partial charge on any atom is -0.459 e. The number of carbonyl (C=O) groups is 2. The minimum absolute atomic E-state index is 0.00189. The summed E-state index contributed by atoms with van der Waals surface area (Å²) in [5.41, 5.74) is -0.545. The molecule has 0 aromatic carbocycles. The Balaban J connectivity index is 4.19. The molecule has 0 aliphatic rings. The highest BCUT2D eigenvalue weighted by Crippen LogP contribution is 2.07. The summed E-state index contributed by atoms with van der Waals surface area (Å²) in [6.07, 6.45) is 0.461. The number of esters is 1. The molecule has 0 aliphatic heterocycles. The average molecular weight is 231 g/mol. The van der Waals surface area contributed by atoms with Crippen molar-refractivity contribution >= 4 is 11.9 Å². The molecule has 94 valence electrons. The van der Waals surface area contributed by atoms with Gasteiger partial charge in [0.15, 0.2) is 0 Å². The van der Waals surface area contributed by atoms with Crippen LogP contribution in [0.1, 0.15) is 34.1 Å². The van der Waals surface area contributed by atoms with Crippen molar-refractivity contribution in [2.75, 3.05) is 19.7 Å². The Hall–Kier alpha value is -1.10. The summed E-state index contributed by atoms with van der Waals surface area (Å²) in [5.74, 6) is -0.625. The van der Waals surface area contributed by atoms with E-state index in [-0.39, 0.29) is 19.1 Å². The molecular weight excluding hydrogens is 210 g/mol. The van der Waals surface area contributed by atoms with Gasteiger partial charge in [-0.1, -0.05) is 0 Å². The van der Waals surface area contributed by atoms with Crippen molar-refractivity contribution in [2.24, 2.45) is 0 Å². The highest BCUT2D eigenvalue weighted by atomic mass is 16.6. The van der Waals surface area contributed by atoms with Gasteiger partial charge in [-0.15, -0.1) is 0 Å². The average Bonchev–Trinajstić information content (AvgIpc) is 2.08. The van der Waals surface area contributed by atoms with Gasteiger partial charge < -0.3 is 14.7 Å². The van der Waals surface area contributed by atoms with Crippen molar-refractivity contribution in [1.29, 1.82) is 0 Å². The van der Waals surface area contributed by atoms with Gasteiger partial charge in [-0.25, -0.2) is 0 Å². The second-order valence-electron chi connectivity index (χ2n) is 4.60. The first-order valence-corrected chi connectivity index (χ1v) is 5.34. The van der Waals surface area contributed by atoms with E-state index in [9.17, 15) is 9.59 Å². The van der Waals surface area contributed by atoms with E-state index in [2.05, 4.69) is 0 Å². The molecule has 5 nitrogen and oxygen atoms in total. The number of rotatable bonds is 5. The number of hydrogen-bond donors (Lipinski definition) is 1. The standard InChI is InChI=1S/C11H21NO4/c1-9(14)12(6-5-7-13)8-10(15)16-11(2,3)4/h13H,5-8H2,1-4H3. The van der Waals surface area contributed by atoms with E-state index in [4.69, 9.17) is 9.84 Å². The first-order valence-electron chi connectivity index (χ1n) is 5.34. The molecule has 0 aromatic rings. The van der Waals surface area contributed by atoms with Crippen molar-refractivity contribution < 1.29 is 19.4 Å². The molecule has 1 amide bonds. The number of aliphatic hydroxyl groups excluding tert-OH is 1. The Morgan fingerprint density at radius 3 is 2.25 bits per heavy atom. The summed E-state index contributed by atoms with van der Waals surface area (Å²) < 4.78 is 5.10. The third-order valence-corrected chi connectivity index (χ3v) is 1.77. The molecule has 0 aromatic heterocycles. The molecule has 0 rings (SSSR count). The molecule has 16 heavy (non-hydrogen) atoms. The SMILES string of the molecule is CC(=O)N(CCCO)CC(=O)OC(C)(C)C. The zero-order chi connectivity index (χ0) is 12.8. The van der Waals surface area contributed by atoms with Crippen LogP contribution in [0.5, 0.6) is 0 Å². The highest BCUT2D eigenvalue weighted by Gasteiger charge is 2.19. The predicted octanol–water partition coefficient (Wildman–Crippen LogP) is 0.559. The summed E-state index contributed by atoms with van der Waals surface area (Å²) in [6, 6.07) is 0. The first-order chi connectivity index (χ1) is 7.26. The van der Waals surface area contributed by atoms with E-state index < -0.39 is 11.6 Å². The number of ether oxygens (including phenoxy) is 1. The molecule has 0 saturated heterocycles. The lowest BCUT2D eigenvalue weighted by atomic mass is 10.2. The van der Waals surface area contributed by atoms with E-state index in [1.165, 1.54) is 11.8 Å². The van der Waals surface area contributed by atoms with Crippen LogP contribution in [0.2, 0.25) is 0 Å². The van der Waals surface area contributed by atoms with Gasteiger partial charge in [-0.3, -0.25) is 9.59 Å². The molecule has 0 bridgehead atoms. The van der Waals surface area contributed by atoms with Crippen LogP contribution in [0.25, 0.3) is 0 Å². The lowest BCUT2D eigenvalue weighted by Crippen LogP contribution is -2.38. The normalized spacial score (nSPS) is 11.1. The second kappa shape index (κ2) is 6.48. The van der Waals surface area contributed by atoms with Gasteiger partial charge in [0.1, 0.15) is 12.1 Å². The third-order valence-electron chi connectivity index (χ3n) is 1.77. The molecule has 0 saturated carbocycles. The second-order valence-corrected chi connectivity index (χ2v) is 4.60. The Morgan fingerprint density at radius 2 is 1.88 bits per heavy atom. The molecule has 0 heterocycles. The Labute approximate surface area is 96.4 Å². The lowest BCUT2D eigenvalue weighted by molar-refractivity contribution is -0.158. The molecular formula is C11H21NO4. The van der Waals surface area contributed by atoms with Crippen molar-refractivity contribution in [1.82, 2.24) is 4.90 Å². The van der Waals surface area contributed by atoms with Gasteiger partial charge in [0, 0.05) is 20.1 Å². The minimum atomic E-state index is -0.545. The molecule has 0 radical (unpaired) electrons. The Kier molecular flexibility index (Phi) is 6.03. The van der Waals surface area contributed by atoms with Crippen molar-refractivity contribution in [3.05, 3.63) is 0 Å². The maximum absolute atomic E-state index is 11.5. The zero-order valence-electron chi connectivity index (χ0n) is 10.4. The van der Waals surface area contributed by atoms with Crippen molar-refractivity contribution in [2.45, 2.75) is 39.7 Å². The molecule has 0 spiro atoms. The van der Waals surface area contributed by atoms with E-state index in [0.717, 1.165) is 0 Å². The van der Waals surface area contributed by atoms with Gasteiger partial charge in [-0.2, -0.15) is 0 Å². The van der Waals surface area contributed by atoms with E-state index in [0.29, 0.717) is 13.0 Å². The molecule has 5 heteroatoms.